The van der Waals surface area contributed by atoms with Gasteiger partial charge in [0.05, 0.1) is 13.7 Å². The van der Waals surface area contributed by atoms with E-state index in [9.17, 15) is 4.79 Å². The summed E-state index contributed by atoms with van der Waals surface area (Å²) in [6.45, 7) is -0.146. The Morgan fingerprint density at radius 1 is 1.29 bits per heavy atom. The highest BCUT2D eigenvalue weighted by Crippen LogP contribution is 2.33. The molecule has 0 amide bonds. The highest BCUT2D eigenvalue weighted by Gasteiger charge is 2.16. The molecule has 0 atom stereocenters. The van der Waals surface area contributed by atoms with Gasteiger partial charge < -0.3 is 19.7 Å². The Morgan fingerprint density at radius 2 is 2.05 bits per heavy atom. The summed E-state index contributed by atoms with van der Waals surface area (Å²) < 4.78 is 10.6. The molecule has 7 heteroatoms. The average molecular weight is 310 g/mol. The van der Waals surface area contributed by atoms with Crippen molar-refractivity contribution in [2.75, 3.05) is 7.11 Å². The lowest BCUT2D eigenvalue weighted by atomic mass is 10.2. The molecular formula is C14H12ClNO5. The molecular weight excluding hydrogens is 298 g/mol. The van der Waals surface area contributed by atoms with Crippen LogP contribution in [0.15, 0.2) is 30.3 Å². The summed E-state index contributed by atoms with van der Waals surface area (Å²) >= 11 is 5.76. The molecule has 21 heavy (non-hydrogen) atoms. The second kappa shape index (κ2) is 6.43. The summed E-state index contributed by atoms with van der Waals surface area (Å²) in [5.74, 6) is -0.697. The average Bonchev–Trinajstić information content (AvgIpc) is 2.47. The monoisotopic (exact) mass is 309 g/mol. The summed E-state index contributed by atoms with van der Waals surface area (Å²) in [4.78, 5) is 15.0. The molecule has 0 aliphatic rings. The lowest BCUT2D eigenvalue weighted by molar-refractivity contribution is 0.0693. The highest BCUT2D eigenvalue weighted by molar-refractivity contribution is 6.29. The number of carboxylic acid groups (broad SMARTS) is 1. The first-order chi connectivity index (χ1) is 10.0. The number of ether oxygens (including phenoxy) is 2. The zero-order valence-corrected chi connectivity index (χ0v) is 11.8. The molecule has 0 saturated heterocycles. The van der Waals surface area contributed by atoms with Crippen LogP contribution in [0, 0.1) is 0 Å². The largest absolute Gasteiger partial charge is 0.493 e. The van der Waals surface area contributed by atoms with Gasteiger partial charge in [-0.15, -0.1) is 0 Å². The second-order valence-corrected chi connectivity index (χ2v) is 4.42. The number of aromatic carboxylic acids is 1. The van der Waals surface area contributed by atoms with Crippen LogP contribution in [0.5, 0.6) is 17.4 Å². The van der Waals surface area contributed by atoms with Gasteiger partial charge in [-0.25, -0.2) is 9.78 Å². The molecule has 0 spiro atoms. The standard InChI is InChI=1S/C14H12ClNO5/c1-20-11-6-8(7-17)2-4-10(11)21-13-9(14(18)19)3-5-12(15)16-13/h2-6,17H,7H2,1H3,(H,18,19). The Bertz CT molecular complexity index is 674. The summed E-state index contributed by atoms with van der Waals surface area (Å²) in [6.07, 6.45) is 0. The Morgan fingerprint density at radius 3 is 2.67 bits per heavy atom. The number of hydrogen-bond acceptors (Lipinski definition) is 5. The molecule has 110 valence electrons. The van der Waals surface area contributed by atoms with Crippen molar-refractivity contribution in [1.82, 2.24) is 4.98 Å². The maximum absolute atomic E-state index is 11.2. The smallest absolute Gasteiger partial charge is 0.341 e. The van der Waals surface area contributed by atoms with Gasteiger partial charge in [0.2, 0.25) is 5.88 Å². The predicted octanol–water partition coefficient (Wildman–Crippen LogP) is 2.73. The van der Waals surface area contributed by atoms with E-state index >= 15 is 0 Å². The van der Waals surface area contributed by atoms with Crippen molar-refractivity contribution >= 4 is 17.6 Å². The number of aliphatic hydroxyl groups excluding tert-OH is 1. The van der Waals surface area contributed by atoms with Crippen LogP contribution in [0.2, 0.25) is 5.15 Å². The Labute approximate surface area is 125 Å². The summed E-state index contributed by atoms with van der Waals surface area (Å²) in [5, 5.41) is 18.3. The van der Waals surface area contributed by atoms with Gasteiger partial charge in [0.25, 0.3) is 0 Å². The maximum atomic E-state index is 11.2. The fourth-order valence-electron chi connectivity index (χ4n) is 1.66. The number of hydrogen-bond donors (Lipinski definition) is 2. The lowest BCUT2D eigenvalue weighted by Gasteiger charge is -2.12. The fraction of sp³-hybridized carbons (Fsp3) is 0.143. The normalized spacial score (nSPS) is 10.2. The van der Waals surface area contributed by atoms with E-state index in [1.807, 2.05) is 0 Å². The molecule has 0 aliphatic carbocycles. The van der Waals surface area contributed by atoms with E-state index < -0.39 is 5.97 Å². The number of carbonyl (C=O) groups is 1. The van der Waals surface area contributed by atoms with Crippen molar-refractivity contribution in [2.45, 2.75) is 6.61 Å². The van der Waals surface area contributed by atoms with Crippen LogP contribution in [0.3, 0.4) is 0 Å². The van der Waals surface area contributed by atoms with Crippen LogP contribution < -0.4 is 9.47 Å². The molecule has 1 heterocycles. The van der Waals surface area contributed by atoms with Crippen molar-refractivity contribution < 1.29 is 24.5 Å². The van der Waals surface area contributed by atoms with Gasteiger partial charge in [-0.2, -0.15) is 0 Å². The first kappa shape index (κ1) is 15.1. The number of rotatable bonds is 5. The SMILES string of the molecule is COc1cc(CO)ccc1Oc1nc(Cl)ccc1C(=O)O. The second-order valence-electron chi connectivity index (χ2n) is 4.04. The number of methoxy groups -OCH3 is 1. The highest BCUT2D eigenvalue weighted by atomic mass is 35.5. The lowest BCUT2D eigenvalue weighted by Crippen LogP contribution is -2.03. The fourth-order valence-corrected chi connectivity index (χ4v) is 1.80. The van der Waals surface area contributed by atoms with Crippen LogP contribution in [0.4, 0.5) is 0 Å². The third kappa shape index (κ3) is 3.42. The van der Waals surface area contributed by atoms with E-state index in [2.05, 4.69) is 4.98 Å². The Kier molecular flexibility index (Phi) is 4.62. The first-order valence-electron chi connectivity index (χ1n) is 5.90. The maximum Gasteiger partial charge on any atom is 0.341 e. The van der Waals surface area contributed by atoms with Crippen molar-refractivity contribution in [3.05, 3.63) is 46.6 Å². The van der Waals surface area contributed by atoms with Crippen LogP contribution in [0.25, 0.3) is 0 Å². The first-order valence-corrected chi connectivity index (χ1v) is 6.28. The van der Waals surface area contributed by atoms with Gasteiger partial charge in [-0.05, 0) is 29.8 Å². The van der Waals surface area contributed by atoms with Crippen LogP contribution >= 0.6 is 11.6 Å². The number of nitrogens with zero attached hydrogens (tertiary/aromatic N) is 1. The number of carboxylic acids is 1. The molecule has 0 fully saturated rings. The summed E-state index contributed by atoms with van der Waals surface area (Å²) in [5.41, 5.74) is 0.518. The third-order valence-electron chi connectivity index (χ3n) is 2.67. The third-order valence-corrected chi connectivity index (χ3v) is 2.88. The van der Waals surface area contributed by atoms with E-state index in [-0.39, 0.29) is 29.0 Å². The molecule has 1 aromatic heterocycles. The molecule has 6 nitrogen and oxygen atoms in total. The van der Waals surface area contributed by atoms with Crippen LogP contribution in [-0.2, 0) is 6.61 Å². The van der Waals surface area contributed by atoms with Gasteiger partial charge in [0.15, 0.2) is 11.5 Å². The van der Waals surface area contributed by atoms with Gasteiger partial charge in [0, 0.05) is 0 Å². The minimum atomic E-state index is -1.18. The van der Waals surface area contributed by atoms with E-state index in [0.29, 0.717) is 11.3 Å². The van der Waals surface area contributed by atoms with Gasteiger partial charge in [-0.1, -0.05) is 17.7 Å². The molecule has 0 unspecified atom stereocenters. The van der Waals surface area contributed by atoms with Crippen molar-refractivity contribution in [3.8, 4) is 17.4 Å². The zero-order chi connectivity index (χ0) is 15.4. The van der Waals surface area contributed by atoms with Crippen LogP contribution in [0.1, 0.15) is 15.9 Å². The topological polar surface area (TPSA) is 88.9 Å². The Balaban J connectivity index is 2.42. The number of aliphatic hydroxyl groups is 1. The van der Waals surface area contributed by atoms with E-state index in [4.69, 9.17) is 31.3 Å². The molecule has 2 aromatic rings. The van der Waals surface area contributed by atoms with E-state index in [1.54, 1.807) is 18.2 Å². The molecule has 2 N–H and O–H groups in total. The van der Waals surface area contributed by atoms with E-state index in [1.165, 1.54) is 19.2 Å². The molecule has 0 radical (unpaired) electrons. The van der Waals surface area contributed by atoms with E-state index in [0.717, 1.165) is 0 Å². The van der Waals surface area contributed by atoms with Crippen molar-refractivity contribution in [3.63, 3.8) is 0 Å². The minimum Gasteiger partial charge on any atom is -0.493 e. The number of aromatic nitrogens is 1. The minimum absolute atomic E-state index is 0.112. The molecule has 0 bridgehead atoms. The summed E-state index contributed by atoms with van der Waals surface area (Å²) in [6, 6.07) is 7.44. The van der Waals surface area contributed by atoms with Gasteiger partial charge in [0.1, 0.15) is 10.7 Å². The van der Waals surface area contributed by atoms with Crippen molar-refractivity contribution in [2.24, 2.45) is 0 Å². The molecule has 0 saturated carbocycles. The molecule has 1 aromatic carbocycles. The number of benzene rings is 1. The number of halogens is 1. The van der Waals surface area contributed by atoms with Gasteiger partial charge >= 0.3 is 5.97 Å². The summed E-state index contributed by atoms with van der Waals surface area (Å²) in [7, 11) is 1.44. The molecule has 2 rings (SSSR count). The van der Waals surface area contributed by atoms with Crippen LogP contribution in [-0.4, -0.2) is 28.3 Å². The molecule has 0 aliphatic heterocycles. The predicted molar refractivity (Wildman–Crippen MR) is 75.2 cm³/mol. The number of pyridine rings is 1. The van der Waals surface area contributed by atoms with Gasteiger partial charge in [-0.3, -0.25) is 0 Å². The quantitative estimate of drug-likeness (QED) is 0.826. The zero-order valence-electron chi connectivity index (χ0n) is 11.0. The Hall–Kier alpha value is -2.31. The van der Waals surface area contributed by atoms with Crippen molar-refractivity contribution in [1.29, 1.82) is 0 Å².